The summed E-state index contributed by atoms with van der Waals surface area (Å²) in [4.78, 5) is 18.2. The van der Waals surface area contributed by atoms with Crippen LogP contribution in [0.5, 0.6) is 0 Å². The van der Waals surface area contributed by atoms with Gasteiger partial charge in [-0.25, -0.2) is 9.37 Å². The standard InChI is InChI=1S/C24H24FN3O2/c1-3-24(30)7-6-13-15(24)8-19-22-14(10-28(19)23(13)29)20-17(26)5-4-12-11(2)16(25)9-18(27-22)21(12)20/h8-9,17,30H,3-7,10,26H2,1-2H3/t17-,24+/m0/s1. The molecule has 0 bridgehead atoms. The van der Waals surface area contributed by atoms with Crippen molar-refractivity contribution in [3.05, 3.63) is 61.7 Å². The fourth-order valence-electron chi connectivity index (χ4n) is 5.87. The first-order chi connectivity index (χ1) is 14.3. The van der Waals surface area contributed by atoms with Gasteiger partial charge in [-0.2, -0.15) is 0 Å². The molecule has 1 aromatic carbocycles. The molecule has 0 amide bonds. The summed E-state index contributed by atoms with van der Waals surface area (Å²) in [7, 11) is 0. The van der Waals surface area contributed by atoms with E-state index in [1.54, 1.807) is 4.57 Å². The number of rotatable bonds is 1. The Labute approximate surface area is 173 Å². The average Bonchev–Trinajstić information content (AvgIpc) is 3.26. The first kappa shape index (κ1) is 18.2. The van der Waals surface area contributed by atoms with Crippen molar-refractivity contribution in [1.82, 2.24) is 9.55 Å². The Morgan fingerprint density at radius 1 is 1.30 bits per heavy atom. The van der Waals surface area contributed by atoms with Crippen LogP contribution in [0.3, 0.4) is 0 Å². The lowest BCUT2D eigenvalue weighted by Crippen LogP contribution is -2.26. The Bertz CT molecular complexity index is 1340. The fraction of sp³-hybridized carbons (Fsp3) is 0.417. The number of hydrogen-bond donors (Lipinski definition) is 2. The Morgan fingerprint density at radius 3 is 2.87 bits per heavy atom. The Hall–Kier alpha value is -2.57. The van der Waals surface area contributed by atoms with Crippen LogP contribution < -0.4 is 11.3 Å². The molecule has 3 aromatic rings. The van der Waals surface area contributed by atoms with Crippen LogP contribution in [-0.4, -0.2) is 14.7 Å². The van der Waals surface area contributed by atoms with Gasteiger partial charge in [0.1, 0.15) is 5.82 Å². The Kier molecular flexibility index (Phi) is 3.50. The predicted octanol–water partition coefficient (Wildman–Crippen LogP) is 3.36. The minimum absolute atomic E-state index is 0.0481. The van der Waals surface area contributed by atoms with E-state index >= 15 is 0 Å². The largest absolute Gasteiger partial charge is 0.385 e. The highest BCUT2D eigenvalue weighted by atomic mass is 19.1. The molecular formula is C24H24FN3O2. The van der Waals surface area contributed by atoms with Gasteiger partial charge in [0.2, 0.25) is 0 Å². The number of fused-ring (bicyclic) bond motifs is 5. The second-order valence-corrected chi connectivity index (χ2v) is 9.05. The molecule has 2 aromatic heterocycles. The molecule has 1 aliphatic heterocycles. The number of nitrogens with two attached hydrogens (primary N) is 1. The zero-order chi connectivity index (χ0) is 20.9. The lowest BCUT2D eigenvalue weighted by atomic mass is 9.82. The van der Waals surface area contributed by atoms with Crippen molar-refractivity contribution in [2.45, 2.75) is 64.1 Å². The van der Waals surface area contributed by atoms with Gasteiger partial charge < -0.3 is 15.4 Å². The fourth-order valence-corrected chi connectivity index (χ4v) is 5.87. The van der Waals surface area contributed by atoms with Gasteiger partial charge in [0.15, 0.2) is 0 Å². The summed E-state index contributed by atoms with van der Waals surface area (Å²) >= 11 is 0. The molecule has 3 aliphatic rings. The van der Waals surface area contributed by atoms with Crippen LogP contribution >= 0.6 is 0 Å². The molecule has 0 spiro atoms. The number of nitrogens with zero attached hydrogens (tertiary/aromatic N) is 2. The van der Waals surface area contributed by atoms with Crippen molar-refractivity contribution < 1.29 is 9.50 Å². The SMILES string of the molecule is CC[C@@]1(O)CCc2c1cc1n(c2=O)Cc2c-1nc1cc(F)c(C)c3c1c2[C@@H](N)CC3. The van der Waals surface area contributed by atoms with Gasteiger partial charge in [0, 0.05) is 28.6 Å². The van der Waals surface area contributed by atoms with Crippen LogP contribution in [-0.2, 0) is 25.0 Å². The highest BCUT2D eigenvalue weighted by Crippen LogP contribution is 2.46. The van der Waals surface area contributed by atoms with Gasteiger partial charge >= 0.3 is 0 Å². The van der Waals surface area contributed by atoms with Gasteiger partial charge in [0.25, 0.3) is 5.56 Å². The lowest BCUT2D eigenvalue weighted by Gasteiger charge is -2.26. The molecule has 0 radical (unpaired) electrons. The average molecular weight is 405 g/mol. The normalized spacial score (nSPS) is 23.6. The van der Waals surface area contributed by atoms with Crippen molar-refractivity contribution in [3.8, 4) is 11.4 Å². The van der Waals surface area contributed by atoms with Gasteiger partial charge in [-0.3, -0.25) is 4.79 Å². The van der Waals surface area contributed by atoms with Crippen molar-refractivity contribution in [1.29, 1.82) is 0 Å². The van der Waals surface area contributed by atoms with Crippen LogP contribution in [0.2, 0.25) is 0 Å². The van der Waals surface area contributed by atoms with Gasteiger partial charge in [-0.1, -0.05) is 6.92 Å². The summed E-state index contributed by atoms with van der Waals surface area (Å²) in [5.74, 6) is -0.254. The number of halogens is 1. The zero-order valence-electron chi connectivity index (χ0n) is 17.2. The molecule has 0 saturated heterocycles. The summed E-state index contributed by atoms with van der Waals surface area (Å²) in [6.07, 6.45) is 3.20. The van der Waals surface area contributed by atoms with Crippen LogP contribution in [0, 0.1) is 12.7 Å². The van der Waals surface area contributed by atoms with Crippen molar-refractivity contribution in [2.75, 3.05) is 0 Å². The van der Waals surface area contributed by atoms with Crippen molar-refractivity contribution in [2.24, 2.45) is 5.73 Å². The Balaban J connectivity index is 1.70. The second kappa shape index (κ2) is 5.77. The highest BCUT2D eigenvalue weighted by Gasteiger charge is 2.40. The third-order valence-corrected chi connectivity index (χ3v) is 7.65. The van der Waals surface area contributed by atoms with E-state index in [-0.39, 0.29) is 17.4 Å². The monoisotopic (exact) mass is 405 g/mol. The number of aliphatic hydroxyl groups is 1. The van der Waals surface area contributed by atoms with E-state index in [0.29, 0.717) is 53.8 Å². The van der Waals surface area contributed by atoms with Gasteiger partial charge in [0.05, 0.1) is 29.1 Å². The molecule has 3 N–H and O–H groups in total. The minimum Gasteiger partial charge on any atom is -0.385 e. The molecule has 154 valence electrons. The van der Waals surface area contributed by atoms with Gasteiger partial charge in [-0.05, 0) is 67.3 Å². The third-order valence-electron chi connectivity index (χ3n) is 7.65. The maximum absolute atomic E-state index is 14.6. The third kappa shape index (κ3) is 2.08. The lowest BCUT2D eigenvalue weighted by molar-refractivity contribution is 0.0345. The molecule has 5 nitrogen and oxygen atoms in total. The first-order valence-corrected chi connectivity index (χ1v) is 10.7. The highest BCUT2D eigenvalue weighted by molar-refractivity contribution is 5.92. The summed E-state index contributed by atoms with van der Waals surface area (Å²) in [6, 6.07) is 3.27. The van der Waals surface area contributed by atoms with E-state index in [4.69, 9.17) is 10.7 Å². The van der Waals surface area contributed by atoms with E-state index in [2.05, 4.69) is 0 Å². The van der Waals surface area contributed by atoms with E-state index in [1.165, 1.54) is 6.07 Å². The molecule has 0 saturated carbocycles. The zero-order valence-corrected chi connectivity index (χ0v) is 17.2. The van der Waals surface area contributed by atoms with Crippen molar-refractivity contribution >= 4 is 10.9 Å². The van der Waals surface area contributed by atoms with Crippen LogP contribution in [0.4, 0.5) is 4.39 Å². The number of pyridine rings is 2. The van der Waals surface area contributed by atoms with E-state index < -0.39 is 5.60 Å². The topological polar surface area (TPSA) is 81.1 Å². The Morgan fingerprint density at radius 2 is 2.10 bits per heavy atom. The van der Waals surface area contributed by atoms with E-state index in [9.17, 15) is 14.3 Å². The van der Waals surface area contributed by atoms with Crippen LogP contribution in [0.1, 0.15) is 65.6 Å². The molecule has 2 aliphatic carbocycles. The molecule has 6 rings (SSSR count). The first-order valence-electron chi connectivity index (χ1n) is 10.7. The minimum atomic E-state index is -0.968. The summed E-state index contributed by atoms with van der Waals surface area (Å²) in [5.41, 5.74) is 12.6. The number of aromatic nitrogens is 2. The number of hydrogen-bond acceptors (Lipinski definition) is 4. The maximum Gasteiger partial charge on any atom is 0.254 e. The quantitative estimate of drug-likeness (QED) is 0.509. The molecule has 30 heavy (non-hydrogen) atoms. The molecule has 0 unspecified atom stereocenters. The molecule has 3 heterocycles. The molecule has 2 atom stereocenters. The van der Waals surface area contributed by atoms with E-state index in [0.717, 1.165) is 40.5 Å². The van der Waals surface area contributed by atoms with Gasteiger partial charge in [-0.15, -0.1) is 0 Å². The smallest absolute Gasteiger partial charge is 0.254 e. The number of aryl methyl sites for hydroxylation is 1. The van der Waals surface area contributed by atoms with E-state index in [1.807, 2.05) is 19.9 Å². The van der Waals surface area contributed by atoms with Crippen LogP contribution in [0.25, 0.3) is 22.3 Å². The number of benzene rings is 1. The molecule has 0 fully saturated rings. The molecular weight excluding hydrogens is 381 g/mol. The predicted molar refractivity (Wildman–Crippen MR) is 113 cm³/mol. The molecule has 6 heteroatoms. The van der Waals surface area contributed by atoms with Crippen molar-refractivity contribution in [3.63, 3.8) is 0 Å². The summed E-state index contributed by atoms with van der Waals surface area (Å²) in [5, 5.41) is 12.0. The maximum atomic E-state index is 14.6. The summed E-state index contributed by atoms with van der Waals surface area (Å²) in [6.45, 7) is 4.19. The summed E-state index contributed by atoms with van der Waals surface area (Å²) < 4.78 is 16.4. The second-order valence-electron chi connectivity index (χ2n) is 9.05. The van der Waals surface area contributed by atoms with Crippen LogP contribution in [0.15, 0.2) is 16.9 Å².